The zero-order valence-corrected chi connectivity index (χ0v) is 19.9. The van der Waals surface area contributed by atoms with Gasteiger partial charge in [0, 0.05) is 0 Å². The highest BCUT2D eigenvalue weighted by atomic mass is 31.2. The van der Waals surface area contributed by atoms with E-state index in [2.05, 4.69) is 15.0 Å². The SMILES string of the molecule is CC(C)(C)C[C@]12COC(C1OP(=O)(O)OC(C)(C)C)[C@H](n1cnc3c(=O)[nH]c(N)nc31)O2. The van der Waals surface area contributed by atoms with E-state index in [1.807, 2.05) is 20.8 Å². The number of fused-ring (bicyclic) bond motifs is 3. The third-order valence-electron chi connectivity index (χ3n) is 5.16. The first-order chi connectivity index (χ1) is 14.6. The minimum absolute atomic E-state index is 0.0658. The van der Waals surface area contributed by atoms with Crippen molar-refractivity contribution in [2.24, 2.45) is 5.41 Å². The minimum Gasteiger partial charge on any atom is -0.369 e. The molecule has 0 saturated carbocycles. The van der Waals surface area contributed by atoms with Crippen LogP contribution in [0.25, 0.3) is 11.2 Å². The van der Waals surface area contributed by atoms with Crippen LogP contribution < -0.4 is 11.3 Å². The lowest BCUT2D eigenvalue weighted by molar-refractivity contribution is -0.182. The number of nitrogen functional groups attached to an aromatic ring is 1. The summed E-state index contributed by atoms with van der Waals surface area (Å²) in [5, 5.41) is 0. The molecule has 4 N–H and O–H groups in total. The number of nitrogens with zero attached hydrogens (tertiary/aromatic N) is 3. The molecular weight excluding hydrogens is 441 g/mol. The molecule has 32 heavy (non-hydrogen) atoms. The molecule has 2 aromatic rings. The molecule has 2 bridgehead atoms. The molecule has 2 aromatic heterocycles. The third-order valence-corrected chi connectivity index (χ3v) is 6.44. The van der Waals surface area contributed by atoms with Crippen molar-refractivity contribution in [3.63, 3.8) is 0 Å². The monoisotopic (exact) mass is 471 g/mol. The van der Waals surface area contributed by atoms with Gasteiger partial charge in [-0.15, -0.1) is 0 Å². The fraction of sp³-hybridized carbons (Fsp3) is 0.737. The Morgan fingerprint density at radius 1 is 1.38 bits per heavy atom. The number of anilines is 1. The first kappa shape index (κ1) is 23.3. The van der Waals surface area contributed by atoms with Crippen molar-refractivity contribution in [2.75, 3.05) is 12.3 Å². The smallest absolute Gasteiger partial charge is 0.369 e. The Balaban J connectivity index is 1.74. The van der Waals surface area contributed by atoms with E-state index in [-0.39, 0.29) is 29.1 Å². The molecule has 2 aliphatic rings. The number of hydrogen-bond acceptors (Lipinski definition) is 9. The molecule has 0 aliphatic carbocycles. The lowest BCUT2D eigenvalue weighted by Crippen LogP contribution is -2.44. The third kappa shape index (κ3) is 4.35. The molecule has 12 nitrogen and oxygen atoms in total. The summed E-state index contributed by atoms with van der Waals surface area (Å²) in [7, 11) is -4.45. The molecule has 178 valence electrons. The average Bonchev–Trinajstić information content (AvgIpc) is 3.20. The van der Waals surface area contributed by atoms with Gasteiger partial charge in [0.2, 0.25) is 5.95 Å². The Bertz CT molecular complexity index is 1130. The van der Waals surface area contributed by atoms with Gasteiger partial charge in [-0.1, -0.05) is 20.8 Å². The Hall–Kier alpha value is -1.82. The van der Waals surface area contributed by atoms with Crippen LogP contribution in [0.1, 0.15) is 54.2 Å². The van der Waals surface area contributed by atoms with E-state index >= 15 is 0 Å². The topological polar surface area (TPSA) is 164 Å². The van der Waals surface area contributed by atoms with Crippen molar-refractivity contribution in [2.45, 2.75) is 77.6 Å². The van der Waals surface area contributed by atoms with Crippen LogP contribution >= 0.6 is 7.82 Å². The number of phosphoric ester groups is 1. The molecule has 0 amide bonds. The van der Waals surface area contributed by atoms with E-state index in [1.165, 1.54) is 6.33 Å². The van der Waals surface area contributed by atoms with Gasteiger partial charge < -0.3 is 20.1 Å². The number of nitrogens with one attached hydrogen (secondary N) is 1. The van der Waals surface area contributed by atoms with Gasteiger partial charge in [0.05, 0.1) is 18.5 Å². The number of aromatic nitrogens is 4. The van der Waals surface area contributed by atoms with Crippen LogP contribution in [0.3, 0.4) is 0 Å². The molecule has 3 unspecified atom stereocenters. The summed E-state index contributed by atoms with van der Waals surface area (Å²) in [4.78, 5) is 33.4. The van der Waals surface area contributed by atoms with Gasteiger partial charge in [-0.25, -0.2) is 9.55 Å². The van der Waals surface area contributed by atoms with Gasteiger partial charge in [0.1, 0.15) is 17.8 Å². The first-order valence-electron chi connectivity index (χ1n) is 10.3. The van der Waals surface area contributed by atoms with E-state index in [1.54, 1.807) is 25.3 Å². The van der Waals surface area contributed by atoms with Crippen LogP contribution in [-0.2, 0) is 23.1 Å². The summed E-state index contributed by atoms with van der Waals surface area (Å²) in [6, 6.07) is 0. The van der Waals surface area contributed by atoms with Crippen molar-refractivity contribution in [1.29, 1.82) is 0 Å². The lowest BCUT2D eigenvalue weighted by Gasteiger charge is -2.37. The van der Waals surface area contributed by atoms with Crippen LogP contribution in [0, 0.1) is 5.41 Å². The summed E-state index contributed by atoms with van der Waals surface area (Å²) < 4.78 is 37.8. The Morgan fingerprint density at radius 2 is 2.06 bits per heavy atom. The standard InChI is InChI=1S/C19H30N5O7P/c1-17(2,3)7-19-8-28-11(12(19)30-32(26,27)31-18(4,5)6)15(29-19)24-9-21-10-13(24)22-16(20)23-14(10)25/h9,11-12,15H,7-8H2,1-6H3,(H,26,27)(H3,20,22,23,25)/t11?,12?,15-,19+/m1/s1. The van der Waals surface area contributed by atoms with E-state index < -0.39 is 43.0 Å². The van der Waals surface area contributed by atoms with Crippen LogP contribution in [0.4, 0.5) is 5.95 Å². The molecule has 0 radical (unpaired) electrons. The summed E-state index contributed by atoms with van der Waals surface area (Å²) in [6.07, 6.45) is -0.574. The molecule has 2 saturated heterocycles. The zero-order chi connectivity index (χ0) is 23.7. The van der Waals surface area contributed by atoms with Crippen molar-refractivity contribution in [3.05, 3.63) is 16.7 Å². The Morgan fingerprint density at radius 3 is 2.69 bits per heavy atom. The zero-order valence-electron chi connectivity index (χ0n) is 19.0. The predicted octanol–water partition coefficient (Wildman–Crippen LogP) is 2.11. The van der Waals surface area contributed by atoms with Gasteiger partial charge in [0.15, 0.2) is 17.4 Å². The number of aromatic amines is 1. The predicted molar refractivity (Wildman–Crippen MR) is 115 cm³/mol. The van der Waals surface area contributed by atoms with Gasteiger partial charge >= 0.3 is 7.82 Å². The molecule has 4 heterocycles. The van der Waals surface area contributed by atoms with E-state index in [0.29, 0.717) is 6.42 Å². The summed E-state index contributed by atoms with van der Waals surface area (Å²) in [5.74, 6) is -0.0658. The van der Waals surface area contributed by atoms with Gasteiger partial charge in [-0.05, 0) is 32.6 Å². The van der Waals surface area contributed by atoms with Gasteiger partial charge in [0.25, 0.3) is 5.56 Å². The van der Waals surface area contributed by atoms with E-state index in [4.69, 9.17) is 24.3 Å². The number of H-pyrrole nitrogens is 1. The molecular formula is C19H30N5O7P. The van der Waals surface area contributed by atoms with E-state index in [0.717, 1.165) is 0 Å². The molecule has 5 atom stereocenters. The second kappa shape index (κ2) is 7.34. The molecule has 4 rings (SSSR count). The first-order valence-corrected chi connectivity index (χ1v) is 11.8. The maximum atomic E-state index is 12.8. The average molecular weight is 471 g/mol. The fourth-order valence-electron chi connectivity index (χ4n) is 4.45. The molecule has 13 heteroatoms. The van der Waals surface area contributed by atoms with E-state index in [9.17, 15) is 14.3 Å². The van der Waals surface area contributed by atoms with Crippen molar-refractivity contribution >= 4 is 24.9 Å². The normalized spacial score (nSPS) is 30.2. The fourth-order valence-corrected chi connectivity index (χ4v) is 5.78. The number of phosphoric acid groups is 1. The lowest BCUT2D eigenvalue weighted by atomic mass is 9.80. The van der Waals surface area contributed by atoms with Crippen molar-refractivity contribution in [3.8, 4) is 0 Å². The molecule has 2 fully saturated rings. The summed E-state index contributed by atoms with van der Waals surface area (Å²) in [5.41, 5.74) is 3.42. The van der Waals surface area contributed by atoms with Crippen LogP contribution in [0.15, 0.2) is 11.1 Å². The van der Waals surface area contributed by atoms with Crippen molar-refractivity contribution in [1.82, 2.24) is 19.5 Å². The van der Waals surface area contributed by atoms with Crippen molar-refractivity contribution < 1.29 is 28.0 Å². The Kier molecular flexibility index (Phi) is 5.36. The number of rotatable bonds is 5. The minimum atomic E-state index is -4.45. The summed E-state index contributed by atoms with van der Waals surface area (Å²) >= 11 is 0. The summed E-state index contributed by atoms with van der Waals surface area (Å²) in [6.45, 7) is 11.2. The highest BCUT2D eigenvalue weighted by Crippen LogP contribution is 2.58. The highest BCUT2D eigenvalue weighted by molar-refractivity contribution is 7.47. The van der Waals surface area contributed by atoms with Gasteiger partial charge in [-0.2, -0.15) is 4.98 Å². The van der Waals surface area contributed by atoms with Crippen LogP contribution in [0.2, 0.25) is 0 Å². The maximum absolute atomic E-state index is 12.8. The molecule has 2 aliphatic heterocycles. The number of hydrogen-bond donors (Lipinski definition) is 3. The molecule has 0 aromatic carbocycles. The maximum Gasteiger partial charge on any atom is 0.473 e. The number of ether oxygens (including phenoxy) is 2. The van der Waals surface area contributed by atoms with Gasteiger partial charge in [-0.3, -0.25) is 23.4 Å². The second-order valence-electron chi connectivity index (χ2n) is 10.6. The molecule has 0 spiro atoms. The number of imidazole rings is 1. The second-order valence-corrected chi connectivity index (χ2v) is 11.9. The Labute approximate surface area is 185 Å². The highest BCUT2D eigenvalue weighted by Gasteiger charge is 2.65. The quantitative estimate of drug-likeness (QED) is 0.550. The van der Waals surface area contributed by atoms with Crippen LogP contribution in [-0.4, -0.2) is 54.4 Å². The number of nitrogens with two attached hydrogens (primary N) is 1. The largest absolute Gasteiger partial charge is 0.473 e. The van der Waals surface area contributed by atoms with Crippen LogP contribution in [0.5, 0.6) is 0 Å².